The van der Waals surface area contributed by atoms with Gasteiger partial charge in [0.1, 0.15) is 22.8 Å². The molecule has 5 N–H and O–H groups in total. The standard InChI is InChI=1S/C24H23ClN4O8/c1-29(2)18-13-7-10-6-12-9(5-11(25)8-30)3-4-14(27-36)16(12)19(31)15(10)21(33)24(13,28-37)22(34)17(20(18)32)23(26)35/h3-5,10,13,18,30,32-33H,6-8H2,1-2H3,(H2,26,35)/b11-5-/t10-,13-,18-,24-/m0/s1. The molecule has 0 saturated carbocycles. The van der Waals surface area contributed by atoms with Crippen LogP contribution in [0.2, 0.25) is 0 Å². The van der Waals surface area contributed by atoms with Crippen LogP contribution < -0.4 is 5.73 Å². The van der Waals surface area contributed by atoms with Gasteiger partial charge in [-0.15, -0.1) is 9.81 Å². The number of carbonyl (C=O) groups is 3. The Balaban J connectivity index is 2.02. The summed E-state index contributed by atoms with van der Waals surface area (Å²) in [5, 5.41) is 37.5. The second-order valence-corrected chi connectivity index (χ2v) is 9.91. The van der Waals surface area contributed by atoms with Gasteiger partial charge < -0.3 is 21.1 Å². The van der Waals surface area contributed by atoms with E-state index in [1.807, 2.05) is 0 Å². The molecular formula is C24H23ClN4O8. The highest BCUT2D eigenvalue weighted by Gasteiger charge is 2.65. The SMILES string of the molecule is CN(C)[C@@H]1C(O)=C(C(N)=O)C(=O)[C@@]2(N=O)C(O)=C3C(=O)c4c(N=O)ccc(/C=C(\Cl)CO)c4C[C@H]3C[C@@H]12. The van der Waals surface area contributed by atoms with Crippen LogP contribution in [0.1, 0.15) is 27.9 Å². The van der Waals surface area contributed by atoms with Crippen molar-refractivity contribution in [2.45, 2.75) is 24.4 Å². The molecule has 0 radical (unpaired) electrons. The summed E-state index contributed by atoms with van der Waals surface area (Å²) in [4.78, 5) is 64.7. The van der Waals surface area contributed by atoms with Gasteiger partial charge in [-0.3, -0.25) is 19.3 Å². The van der Waals surface area contributed by atoms with Crippen molar-refractivity contribution in [3.05, 3.63) is 66.3 Å². The number of aliphatic hydroxyl groups is 3. The first kappa shape index (κ1) is 26.3. The minimum absolute atomic E-state index is 0.0676. The van der Waals surface area contributed by atoms with E-state index < -0.39 is 64.6 Å². The van der Waals surface area contributed by atoms with Gasteiger partial charge >= 0.3 is 0 Å². The van der Waals surface area contributed by atoms with Crippen LogP contribution in [0.3, 0.4) is 0 Å². The number of Topliss-reactive ketones (excluding diaryl/α,β-unsaturated/α-hetero) is 2. The molecule has 0 unspecified atom stereocenters. The summed E-state index contributed by atoms with van der Waals surface area (Å²) in [6.45, 7) is -0.469. The van der Waals surface area contributed by atoms with Crippen LogP contribution in [0.4, 0.5) is 5.69 Å². The van der Waals surface area contributed by atoms with E-state index in [2.05, 4.69) is 10.4 Å². The maximum atomic E-state index is 13.7. The first-order chi connectivity index (χ1) is 17.5. The Bertz CT molecular complexity index is 1360. The number of primary amides is 1. The highest BCUT2D eigenvalue weighted by Crippen LogP contribution is 2.54. The number of fused-ring (bicyclic) bond motifs is 3. The molecule has 0 spiro atoms. The topological polar surface area (TPSA) is 200 Å². The van der Waals surface area contributed by atoms with Crippen molar-refractivity contribution in [2.24, 2.45) is 27.9 Å². The van der Waals surface area contributed by atoms with E-state index in [0.29, 0.717) is 11.1 Å². The number of benzene rings is 1. The van der Waals surface area contributed by atoms with Gasteiger partial charge in [0.25, 0.3) is 5.91 Å². The van der Waals surface area contributed by atoms with Crippen molar-refractivity contribution in [2.75, 3.05) is 20.7 Å². The van der Waals surface area contributed by atoms with Crippen LogP contribution in [-0.4, -0.2) is 70.0 Å². The predicted molar refractivity (Wildman–Crippen MR) is 132 cm³/mol. The number of rotatable bonds is 6. The number of allylic oxidation sites excluding steroid dienone is 1. The highest BCUT2D eigenvalue weighted by molar-refractivity contribution is 6.31. The zero-order valence-electron chi connectivity index (χ0n) is 19.8. The summed E-state index contributed by atoms with van der Waals surface area (Å²) >= 11 is 6.00. The fourth-order valence-electron chi connectivity index (χ4n) is 5.85. The monoisotopic (exact) mass is 530 g/mol. The van der Waals surface area contributed by atoms with E-state index in [9.17, 15) is 39.5 Å². The Morgan fingerprint density at radius 3 is 2.49 bits per heavy atom. The Morgan fingerprint density at radius 1 is 1.27 bits per heavy atom. The van der Waals surface area contributed by atoms with Gasteiger partial charge in [0.2, 0.25) is 11.3 Å². The van der Waals surface area contributed by atoms with Crippen molar-refractivity contribution < 1.29 is 29.7 Å². The molecule has 37 heavy (non-hydrogen) atoms. The lowest BCUT2D eigenvalue weighted by Crippen LogP contribution is -2.62. The molecule has 1 aromatic rings. The largest absolute Gasteiger partial charge is 0.510 e. The van der Waals surface area contributed by atoms with E-state index in [1.165, 1.54) is 37.2 Å². The first-order valence-corrected chi connectivity index (χ1v) is 11.6. The molecule has 0 heterocycles. The van der Waals surface area contributed by atoms with Crippen molar-refractivity contribution >= 4 is 40.8 Å². The molecule has 3 aliphatic rings. The van der Waals surface area contributed by atoms with E-state index in [1.54, 1.807) is 0 Å². The van der Waals surface area contributed by atoms with Crippen LogP contribution in [0.25, 0.3) is 6.08 Å². The number of nitrogens with two attached hydrogens (primary N) is 1. The summed E-state index contributed by atoms with van der Waals surface area (Å²) in [5.74, 6) is -7.00. The second-order valence-electron chi connectivity index (χ2n) is 9.42. The molecule has 3 aliphatic carbocycles. The summed E-state index contributed by atoms with van der Waals surface area (Å²) in [7, 11) is 3.06. The number of nitroso groups, excluding NO2 is 2. The zero-order chi connectivity index (χ0) is 27.4. The number of nitrogens with zero attached hydrogens (tertiary/aromatic N) is 3. The maximum Gasteiger partial charge on any atom is 0.255 e. The van der Waals surface area contributed by atoms with Gasteiger partial charge in [-0.05, 0) is 66.5 Å². The van der Waals surface area contributed by atoms with Crippen molar-refractivity contribution in [3.8, 4) is 0 Å². The molecule has 0 fully saturated rings. The van der Waals surface area contributed by atoms with Crippen LogP contribution >= 0.6 is 11.6 Å². The van der Waals surface area contributed by atoms with Crippen LogP contribution in [0, 0.1) is 21.6 Å². The minimum atomic E-state index is -2.60. The van der Waals surface area contributed by atoms with Crippen LogP contribution in [0.15, 0.2) is 50.2 Å². The van der Waals surface area contributed by atoms with Gasteiger partial charge in [0.15, 0.2) is 5.78 Å². The minimum Gasteiger partial charge on any atom is -0.510 e. The van der Waals surface area contributed by atoms with Crippen molar-refractivity contribution in [3.63, 3.8) is 0 Å². The lowest BCUT2D eigenvalue weighted by molar-refractivity contribution is -0.129. The number of halogens is 1. The van der Waals surface area contributed by atoms with Crippen LogP contribution in [0.5, 0.6) is 0 Å². The van der Waals surface area contributed by atoms with Crippen molar-refractivity contribution in [1.29, 1.82) is 0 Å². The van der Waals surface area contributed by atoms with Gasteiger partial charge in [0.05, 0.1) is 18.2 Å². The number of amides is 1. The number of ketones is 2. The molecule has 194 valence electrons. The third kappa shape index (κ3) is 3.63. The molecule has 0 aliphatic heterocycles. The average molecular weight is 531 g/mol. The van der Waals surface area contributed by atoms with Crippen molar-refractivity contribution in [1.82, 2.24) is 4.90 Å². The normalized spacial score (nSPS) is 27.6. The summed E-state index contributed by atoms with van der Waals surface area (Å²) in [6, 6.07) is 1.66. The van der Waals surface area contributed by atoms with E-state index in [4.69, 9.17) is 17.3 Å². The Hall–Kier alpha value is -3.74. The quantitative estimate of drug-likeness (QED) is 0.314. The fourth-order valence-corrected chi connectivity index (χ4v) is 5.97. The molecular weight excluding hydrogens is 508 g/mol. The maximum absolute atomic E-state index is 13.7. The van der Waals surface area contributed by atoms with Gasteiger partial charge in [-0.2, -0.15) is 0 Å². The average Bonchev–Trinajstić information content (AvgIpc) is 2.84. The second kappa shape index (κ2) is 9.29. The number of aliphatic hydroxyl groups excluding tert-OH is 3. The molecule has 0 aromatic heterocycles. The summed E-state index contributed by atoms with van der Waals surface area (Å²) in [5.41, 5.74) is 1.97. The van der Waals surface area contributed by atoms with E-state index in [-0.39, 0.29) is 34.7 Å². The molecule has 1 aromatic carbocycles. The Morgan fingerprint density at radius 2 is 1.95 bits per heavy atom. The number of likely N-dealkylation sites (N-methyl/N-ethyl adjacent to an activating group) is 1. The number of hydrogen-bond acceptors (Lipinski definition) is 11. The summed E-state index contributed by atoms with van der Waals surface area (Å²) < 4.78 is 0. The first-order valence-electron chi connectivity index (χ1n) is 11.2. The third-order valence-corrected chi connectivity index (χ3v) is 7.58. The Kier molecular flexibility index (Phi) is 6.61. The zero-order valence-corrected chi connectivity index (χ0v) is 20.5. The molecule has 4 atom stereocenters. The van der Waals surface area contributed by atoms with Gasteiger partial charge in [0, 0.05) is 16.5 Å². The number of hydrogen-bond donors (Lipinski definition) is 4. The van der Waals surface area contributed by atoms with Gasteiger partial charge in [-0.25, -0.2) is 0 Å². The molecule has 12 nitrogen and oxygen atoms in total. The molecule has 0 bridgehead atoms. The molecule has 4 rings (SSSR count). The predicted octanol–water partition coefficient (Wildman–Crippen LogP) is 2.16. The third-order valence-electron chi connectivity index (χ3n) is 7.35. The number of carbonyl (C=O) groups excluding carboxylic acids is 3. The molecule has 0 saturated heterocycles. The fraction of sp³-hybridized carbons (Fsp3) is 0.375. The van der Waals surface area contributed by atoms with E-state index >= 15 is 0 Å². The van der Waals surface area contributed by atoms with E-state index in [0.717, 1.165) is 0 Å². The Labute approximate surface area is 215 Å². The molecule has 1 amide bonds. The lowest BCUT2D eigenvalue weighted by atomic mass is 9.57. The highest BCUT2D eigenvalue weighted by atomic mass is 35.5. The smallest absolute Gasteiger partial charge is 0.255 e. The van der Waals surface area contributed by atoms with Crippen LogP contribution in [-0.2, 0) is 16.0 Å². The van der Waals surface area contributed by atoms with Gasteiger partial charge in [-0.1, -0.05) is 17.7 Å². The lowest BCUT2D eigenvalue weighted by Gasteiger charge is -2.49. The molecule has 13 heteroatoms. The summed E-state index contributed by atoms with van der Waals surface area (Å²) in [6.07, 6.45) is 1.42.